The molecule has 4 amide bonds. The molecule has 65 heavy (non-hydrogen) atoms. The predicted octanol–water partition coefficient (Wildman–Crippen LogP) is 7.97. The molecular weight excluding hydrogens is 821 g/mol. The summed E-state index contributed by atoms with van der Waals surface area (Å²) >= 11 is 0. The number of imidazole rings is 2. The highest BCUT2D eigenvalue weighted by Crippen LogP contribution is 2.36. The predicted molar refractivity (Wildman–Crippen MR) is 247 cm³/mol. The number of carbonyl (C=O) groups is 4. The number of likely N-dealkylation sites (tertiary alicyclic amines) is 2. The van der Waals surface area contributed by atoms with Gasteiger partial charge in [-0.25, -0.2) is 19.6 Å². The van der Waals surface area contributed by atoms with Crippen molar-refractivity contribution >= 4 is 24.0 Å². The Morgan fingerprint density at radius 3 is 1.98 bits per heavy atom. The van der Waals surface area contributed by atoms with Gasteiger partial charge in [-0.2, -0.15) is 0 Å². The highest BCUT2D eigenvalue weighted by Gasteiger charge is 2.39. The third-order valence-corrected chi connectivity index (χ3v) is 12.0. The monoisotopic (exact) mass is 876 g/mol. The zero-order valence-electron chi connectivity index (χ0n) is 38.0. The van der Waals surface area contributed by atoms with Crippen LogP contribution in [0.1, 0.15) is 112 Å². The zero-order chi connectivity index (χ0) is 46.3. The highest BCUT2D eigenvalue weighted by molar-refractivity contribution is 5.88. The summed E-state index contributed by atoms with van der Waals surface area (Å²) in [5.41, 5.74) is 6.81. The van der Waals surface area contributed by atoms with Gasteiger partial charge in [-0.3, -0.25) is 9.59 Å². The summed E-state index contributed by atoms with van der Waals surface area (Å²) in [5.74, 6) is 13.1. The molecule has 2 aliphatic rings. The van der Waals surface area contributed by atoms with Crippen molar-refractivity contribution in [2.75, 3.05) is 27.3 Å². The van der Waals surface area contributed by atoms with Gasteiger partial charge in [-0.1, -0.05) is 101 Å². The normalized spacial score (nSPS) is 16.7. The fourth-order valence-electron chi connectivity index (χ4n) is 8.41. The molecule has 0 aliphatic carbocycles. The first-order valence-corrected chi connectivity index (χ1v) is 22.0. The molecule has 2 fully saturated rings. The van der Waals surface area contributed by atoms with Gasteiger partial charge in [-0.05, 0) is 89.2 Å². The van der Waals surface area contributed by atoms with Crippen molar-refractivity contribution in [1.82, 2.24) is 40.4 Å². The highest BCUT2D eigenvalue weighted by atomic mass is 16.5. The van der Waals surface area contributed by atoms with E-state index in [1.807, 2.05) is 44.2 Å². The molecule has 2 aromatic heterocycles. The maximum absolute atomic E-state index is 13.9. The molecule has 14 nitrogen and oxygen atoms in total. The van der Waals surface area contributed by atoms with Crippen molar-refractivity contribution in [2.45, 2.75) is 89.9 Å². The van der Waals surface area contributed by atoms with E-state index < -0.39 is 24.3 Å². The fourth-order valence-corrected chi connectivity index (χ4v) is 8.41. The van der Waals surface area contributed by atoms with E-state index in [2.05, 4.69) is 100 Å². The summed E-state index contributed by atoms with van der Waals surface area (Å²) < 4.78 is 9.63. The van der Waals surface area contributed by atoms with E-state index in [-0.39, 0.29) is 35.2 Å². The SMILES string of the molecule is COC(=O)NC(C(=O)N1CCCC1c1ncc(C#CC#Cc2ccc(-c3cnc(C4CCCN4C(=O)C(NC(=O)OC)C(C)C)[nH]3)cc2-c2ccc(C(C)(C)C)cc2)[nH]1)c1ccccc1. The smallest absolute Gasteiger partial charge is 0.407 e. The minimum Gasteiger partial charge on any atom is -0.453 e. The first-order chi connectivity index (χ1) is 31.2. The molecule has 4 unspecified atom stereocenters. The third-order valence-electron chi connectivity index (χ3n) is 12.0. The maximum Gasteiger partial charge on any atom is 0.407 e. The lowest BCUT2D eigenvalue weighted by Crippen LogP contribution is -2.51. The molecule has 4 N–H and O–H groups in total. The molecule has 2 saturated heterocycles. The average molecular weight is 877 g/mol. The first kappa shape index (κ1) is 45.7. The topological polar surface area (TPSA) is 175 Å². The van der Waals surface area contributed by atoms with E-state index in [0.717, 1.165) is 47.2 Å². The van der Waals surface area contributed by atoms with Crippen molar-refractivity contribution in [3.8, 4) is 46.1 Å². The van der Waals surface area contributed by atoms with Gasteiger partial charge in [0.25, 0.3) is 5.91 Å². The molecule has 336 valence electrons. The molecule has 4 heterocycles. The van der Waals surface area contributed by atoms with Crippen LogP contribution in [0.5, 0.6) is 0 Å². The molecule has 5 aromatic rings. The van der Waals surface area contributed by atoms with Crippen LogP contribution in [0.25, 0.3) is 22.4 Å². The molecule has 0 saturated carbocycles. The van der Waals surface area contributed by atoms with Crippen molar-refractivity contribution in [2.24, 2.45) is 5.92 Å². The second kappa shape index (κ2) is 20.0. The van der Waals surface area contributed by atoms with Gasteiger partial charge in [0, 0.05) is 24.2 Å². The van der Waals surface area contributed by atoms with Crippen molar-refractivity contribution < 1.29 is 28.7 Å². The van der Waals surface area contributed by atoms with Crippen LogP contribution in [0.4, 0.5) is 9.59 Å². The molecule has 3 aromatic carbocycles. The van der Waals surface area contributed by atoms with E-state index in [1.165, 1.54) is 19.8 Å². The molecule has 0 radical (unpaired) electrons. The van der Waals surface area contributed by atoms with Gasteiger partial charge in [0.15, 0.2) is 0 Å². The molecular formula is C51H56N8O6. The third kappa shape index (κ3) is 10.6. The molecule has 0 bridgehead atoms. The molecule has 14 heteroatoms. The Morgan fingerprint density at radius 1 is 0.738 bits per heavy atom. The van der Waals surface area contributed by atoms with Crippen LogP contribution in [0.15, 0.2) is 85.2 Å². The van der Waals surface area contributed by atoms with E-state index in [4.69, 9.17) is 14.5 Å². The number of methoxy groups -OCH3 is 2. The lowest BCUT2D eigenvalue weighted by Gasteiger charge is -2.30. The van der Waals surface area contributed by atoms with E-state index >= 15 is 0 Å². The summed E-state index contributed by atoms with van der Waals surface area (Å²) in [6.45, 7) is 11.4. The van der Waals surface area contributed by atoms with E-state index in [0.29, 0.717) is 42.4 Å². The van der Waals surface area contributed by atoms with Crippen LogP contribution in [-0.2, 0) is 24.5 Å². The van der Waals surface area contributed by atoms with E-state index in [9.17, 15) is 19.2 Å². The molecule has 2 aliphatic heterocycles. The summed E-state index contributed by atoms with van der Waals surface area (Å²) in [4.78, 5) is 71.7. The Labute approximate surface area is 380 Å². The minimum absolute atomic E-state index is 0.0185. The summed E-state index contributed by atoms with van der Waals surface area (Å²) in [6, 6.07) is 21.4. The average Bonchev–Trinajstić information content (AvgIpc) is 4.16. The quantitative estimate of drug-likeness (QED) is 0.102. The number of alkyl carbamates (subject to hydrolysis) is 2. The van der Waals surface area contributed by atoms with Gasteiger partial charge >= 0.3 is 12.2 Å². The Morgan fingerprint density at radius 2 is 1.34 bits per heavy atom. The van der Waals surface area contributed by atoms with Gasteiger partial charge in [-0.15, -0.1) is 0 Å². The Bertz CT molecular complexity index is 2640. The van der Waals surface area contributed by atoms with Crippen LogP contribution in [0.3, 0.4) is 0 Å². The Balaban J connectivity index is 1.12. The van der Waals surface area contributed by atoms with Crippen molar-refractivity contribution in [3.63, 3.8) is 0 Å². The Kier molecular flexibility index (Phi) is 14.1. The van der Waals surface area contributed by atoms with Crippen molar-refractivity contribution in [3.05, 3.63) is 119 Å². The van der Waals surface area contributed by atoms with Crippen LogP contribution in [0.2, 0.25) is 0 Å². The number of nitrogens with zero attached hydrogens (tertiary/aromatic N) is 4. The first-order valence-electron chi connectivity index (χ1n) is 22.0. The second-order valence-corrected chi connectivity index (χ2v) is 17.7. The second-order valence-electron chi connectivity index (χ2n) is 17.7. The zero-order valence-corrected chi connectivity index (χ0v) is 38.0. The van der Waals surface area contributed by atoms with Crippen LogP contribution in [0, 0.1) is 29.6 Å². The van der Waals surface area contributed by atoms with Gasteiger partial charge in [0.2, 0.25) is 5.91 Å². The standard InChI is InChI=1S/C51H56N8O6/c1-32(2)43(56-49(62)64-6)47(60)58-27-14-20-42(58)46-53-31-40(55-46)36-22-21-33(39(29-36)34-23-25-37(26-24-34)51(3,4)5)15-11-12-18-38-30-52-45(54-38)41-19-13-28-59(41)48(61)44(57-50(63)65-7)35-16-9-8-10-17-35/h8-10,16-17,21-26,29-32,41-44H,13-14,19-20,27-28H2,1-7H3,(H,52,54)(H,53,55)(H,56,62)(H,57,63). The van der Waals surface area contributed by atoms with Crippen LogP contribution in [-0.4, -0.2) is 87.1 Å². The number of hydrogen-bond donors (Lipinski definition) is 4. The van der Waals surface area contributed by atoms with Crippen molar-refractivity contribution in [1.29, 1.82) is 0 Å². The van der Waals surface area contributed by atoms with Crippen LogP contribution < -0.4 is 10.6 Å². The number of carbonyl (C=O) groups excluding carboxylic acids is 4. The number of aromatic amines is 2. The summed E-state index contributed by atoms with van der Waals surface area (Å²) in [7, 11) is 2.55. The Hall–Kier alpha value is -7.32. The number of aromatic nitrogens is 4. The summed E-state index contributed by atoms with van der Waals surface area (Å²) in [6.07, 6.45) is 5.14. The number of amides is 4. The number of H-pyrrole nitrogens is 2. The van der Waals surface area contributed by atoms with E-state index in [1.54, 1.807) is 34.3 Å². The number of benzene rings is 3. The number of ether oxygens (including phenoxy) is 2. The lowest BCUT2D eigenvalue weighted by molar-refractivity contribution is -0.135. The van der Waals surface area contributed by atoms with Crippen LogP contribution >= 0.6 is 0 Å². The number of rotatable bonds is 10. The van der Waals surface area contributed by atoms with Gasteiger partial charge in [0.1, 0.15) is 29.4 Å². The number of nitrogens with one attached hydrogen (secondary N) is 4. The molecule has 4 atom stereocenters. The molecule has 7 rings (SSSR count). The fraction of sp³-hybridized carbons (Fsp3) is 0.373. The summed E-state index contributed by atoms with van der Waals surface area (Å²) in [5, 5.41) is 5.41. The number of hydrogen-bond acceptors (Lipinski definition) is 8. The van der Waals surface area contributed by atoms with Gasteiger partial charge in [0.05, 0.1) is 44.4 Å². The largest absolute Gasteiger partial charge is 0.453 e. The lowest BCUT2D eigenvalue weighted by atomic mass is 9.86. The van der Waals surface area contributed by atoms with Gasteiger partial charge < -0.3 is 39.9 Å². The maximum atomic E-state index is 13.9. The molecule has 0 spiro atoms. The minimum atomic E-state index is -0.914.